The summed E-state index contributed by atoms with van der Waals surface area (Å²) < 4.78 is 34.4. The highest BCUT2D eigenvalue weighted by molar-refractivity contribution is 6.35. The number of rotatable bonds is 3. The minimum atomic E-state index is -1.59. The Labute approximate surface area is 202 Å². The Kier molecular flexibility index (Phi) is 5.98. The van der Waals surface area contributed by atoms with Gasteiger partial charge in [0.15, 0.2) is 11.5 Å². The number of ether oxygens (including phenoxy) is 1. The lowest BCUT2D eigenvalue weighted by Crippen LogP contribution is -2.59. The third-order valence-corrected chi connectivity index (χ3v) is 6.68. The summed E-state index contributed by atoms with van der Waals surface area (Å²) in [6.45, 7) is 7.82. The Morgan fingerprint density at radius 2 is 1.67 bits per heavy atom. The predicted octanol–water partition coefficient (Wildman–Crippen LogP) is 6.70. The van der Waals surface area contributed by atoms with Gasteiger partial charge in [0.2, 0.25) is 0 Å². The monoisotopic (exact) mass is 494 g/mol. The number of halogens is 4. The van der Waals surface area contributed by atoms with E-state index in [-0.39, 0.29) is 28.5 Å². The second-order valence-electron chi connectivity index (χ2n) is 10.1. The minimum absolute atomic E-state index is 0.00862. The maximum absolute atomic E-state index is 15.3. The van der Waals surface area contributed by atoms with E-state index in [0.717, 1.165) is 16.8 Å². The average molecular weight is 495 g/mol. The number of hydrogen-bond donors (Lipinski definition) is 0. The summed E-state index contributed by atoms with van der Waals surface area (Å²) in [6, 6.07) is 10.4. The van der Waals surface area contributed by atoms with Gasteiger partial charge < -0.3 is 9.64 Å². The zero-order valence-corrected chi connectivity index (χ0v) is 20.5. The van der Waals surface area contributed by atoms with Crippen LogP contribution < -0.4 is 0 Å². The van der Waals surface area contributed by atoms with E-state index in [4.69, 9.17) is 27.9 Å². The van der Waals surface area contributed by atoms with Gasteiger partial charge in [-0.3, -0.25) is 4.99 Å². The first-order chi connectivity index (χ1) is 15.3. The quantitative estimate of drug-likeness (QED) is 0.445. The Morgan fingerprint density at radius 1 is 1.09 bits per heavy atom. The molecule has 2 aliphatic heterocycles. The third-order valence-electron chi connectivity index (χ3n) is 6.13. The number of carbonyl (C=O) groups is 1. The topological polar surface area (TPSA) is 41.9 Å². The van der Waals surface area contributed by atoms with E-state index in [2.05, 4.69) is 4.99 Å². The van der Waals surface area contributed by atoms with Crippen LogP contribution >= 0.6 is 23.2 Å². The molecule has 8 heteroatoms. The zero-order valence-electron chi connectivity index (χ0n) is 19.0. The Hall–Kier alpha value is -2.18. The molecule has 0 radical (unpaired) electrons. The molecule has 0 saturated carbocycles. The Bertz CT molecular complexity index is 1100. The first-order valence-corrected chi connectivity index (χ1v) is 11.5. The van der Waals surface area contributed by atoms with Crippen LogP contribution in [0, 0.1) is 5.82 Å². The van der Waals surface area contributed by atoms with Crippen molar-refractivity contribution in [2.75, 3.05) is 19.6 Å². The smallest absolute Gasteiger partial charge is 0.410 e. The van der Waals surface area contributed by atoms with Crippen LogP contribution in [0.3, 0.4) is 0 Å². The molecule has 1 amide bonds. The molecule has 33 heavy (non-hydrogen) atoms. The molecule has 2 aromatic carbocycles. The second kappa shape index (κ2) is 8.24. The number of likely N-dealkylation sites (tertiary alicyclic amines) is 1. The van der Waals surface area contributed by atoms with Crippen LogP contribution in [-0.2, 0) is 15.8 Å². The SMILES string of the molecule is CC(C)(C)OC(=O)N1CC(F)(c2ccc(C3=NCC(C)(c4cc(Cl)c(F)c(Cl)c4)C3)cc2)C1. The molecule has 0 spiro atoms. The Morgan fingerprint density at radius 3 is 2.21 bits per heavy atom. The third kappa shape index (κ3) is 4.73. The molecule has 1 fully saturated rings. The average Bonchev–Trinajstić information content (AvgIpc) is 3.11. The molecule has 2 heterocycles. The highest BCUT2D eigenvalue weighted by Crippen LogP contribution is 2.40. The van der Waals surface area contributed by atoms with Gasteiger partial charge in [-0.2, -0.15) is 0 Å². The summed E-state index contributed by atoms with van der Waals surface area (Å²) in [5, 5.41) is -0.0172. The second-order valence-corrected chi connectivity index (χ2v) is 10.9. The molecular weight excluding hydrogens is 469 g/mol. The lowest BCUT2D eigenvalue weighted by molar-refractivity contribution is -0.0537. The van der Waals surface area contributed by atoms with Gasteiger partial charge in [-0.15, -0.1) is 0 Å². The number of alkyl halides is 1. The van der Waals surface area contributed by atoms with Gasteiger partial charge in [-0.05, 0) is 49.6 Å². The molecule has 0 aromatic heterocycles. The van der Waals surface area contributed by atoms with Crippen molar-refractivity contribution >= 4 is 35.0 Å². The standard InChI is InChI=1S/C25H26Cl2F2N2O2/c1-23(2,3)33-22(32)31-13-25(29,14-31)16-7-5-15(6-8-16)20-11-24(4,12-30-20)17-9-18(26)21(28)19(27)10-17/h5-10H,11-14H2,1-4H3. The van der Waals surface area contributed by atoms with Crippen molar-refractivity contribution in [1.82, 2.24) is 4.90 Å². The summed E-state index contributed by atoms with van der Waals surface area (Å²) >= 11 is 12.0. The van der Waals surface area contributed by atoms with E-state index in [1.54, 1.807) is 45.0 Å². The number of aliphatic imine (C=N–C) groups is 1. The van der Waals surface area contributed by atoms with E-state index in [9.17, 15) is 9.18 Å². The van der Waals surface area contributed by atoms with E-state index in [0.29, 0.717) is 18.5 Å². The molecule has 1 saturated heterocycles. The van der Waals surface area contributed by atoms with Crippen molar-refractivity contribution in [3.05, 3.63) is 69.0 Å². The number of hydrogen-bond acceptors (Lipinski definition) is 3. The van der Waals surface area contributed by atoms with Crippen LogP contribution in [0.15, 0.2) is 41.4 Å². The first kappa shape index (κ1) is 24.0. The number of amides is 1. The molecule has 176 valence electrons. The minimum Gasteiger partial charge on any atom is -0.444 e. The maximum atomic E-state index is 15.3. The largest absolute Gasteiger partial charge is 0.444 e. The molecule has 1 atom stereocenters. The van der Waals surface area contributed by atoms with Gasteiger partial charge in [0.05, 0.1) is 23.1 Å². The van der Waals surface area contributed by atoms with E-state index >= 15 is 4.39 Å². The lowest BCUT2D eigenvalue weighted by atomic mass is 9.79. The molecule has 0 aliphatic carbocycles. The van der Waals surface area contributed by atoms with Crippen molar-refractivity contribution in [1.29, 1.82) is 0 Å². The lowest BCUT2D eigenvalue weighted by Gasteiger charge is -2.44. The van der Waals surface area contributed by atoms with Crippen molar-refractivity contribution < 1.29 is 18.3 Å². The van der Waals surface area contributed by atoms with Gasteiger partial charge in [0.1, 0.15) is 5.60 Å². The molecule has 4 rings (SSSR count). The van der Waals surface area contributed by atoms with Crippen LogP contribution in [0.1, 0.15) is 50.8 Å². The summed E-state index contributed by atoms with van der Waals surface area (Å²) in [5.41, 5.74) is 0.555. The van der Waals surface area contributed by atoms with Gasteiger partial charge in [-0.25, -0.2) is 13.6 Å². The molecule has 4 nitrogen and oxygen atoms in total. The van der Waals surface area contributed by atoms with Gasteiger partial charge in [0, 0.05) is 24.1 Å². The first-order valence-electron chi connectivity index (χ1n) is 10.8. The number of nitrogens with zero attached hydrogens (tertiary/aromatic N) is 2. The Balaban J connectivity index is 1.43. The van der Waals surface area contributed by atoms with Crippen LogP contribution in [0.25, 0.3) is 0 Å². The van der Waals surface area contributed by atoms with Crippen molar-refractivity contribution in [3.8, 4) is 0 Å². The molecular formula is C25H26Cl2F2N2O2. The van der Waals surface area contributed by atoms with E-state index < -0.39 is 23.2 Å². The van der Waals surface area contributed by atoms with E-state index in [1.807, 2.05) is 19.1 Å². The highest BCUT2D eigenvalue weighted by Gasteiger charge is 2.48. The number of benzene rings is 2. The maximum Gasteiger partial charge on any atom is 0.410 e. The number of carbonyl (C=O) groups excluding carboxylic acids is 1. The summed E-state index contributed by atoms with van der Waals surface area (Å²) in [7, 11) is 0. The van der Waals surface area contributed by atoms with Crippen LogP contribution in [0.2, 0.25) is 10.0 Å². The summed E-state index contributed by atoms with van der Waals surface area (Å²) in [6.07, 6.45) is 0.116. The van der Waals surface area contributed by atoms with Gasteiger partial charge >= 0.3 is 6.09 Å². The normalized spacial score (nSPS) is 22.1. The van der Waals surface area contributed by atoms with Crippen LogP contribution in [0.5, 0.6) is 0 Å². The van der Waals surface area contributed by atoms with Gasteiger partial charge in [-0.1, -0.05) is 54.4 Å². The van der Waals surface area contributed by atoms with Crippen LogP contribution in [0.4, 0.5) is 13.6 Å². The van der Waals surface area contributed by atoms with Crippen molar-refractivity contribution in [2.45, 2.75) is 50.8 Å². The predicted molar refractivity (Wildman–Crippen MR) is 127 cm³/mol. The van der Waals surface area contributed by atoms with Crippen molar-refractivity contribution in [2.24, 2.45) is 4.99 Å². The molecule has 1 unspecified atom stereocenters. The van der Waals surface area contributed by atoms with Crippen LogP contribution in [-0.4, -0.2) is 41.9 Å². The summed E-state index contributed by atoms with van der Waals surface area (Å²) in [4.78, 5) is 18.2. The van der Waals surface area contributed by atoms with E-state index in [1.165, 1.54) is 4.90 Å². The molecule has 2 aliphatic rings. The summed E-state index contributed by atoms with van der Waals surface area (Å²) in [5.74, 6) is -0.623. The highest BCUT2D eigenvalue weighted by atomic mass is 35.5. The molecule has 2 aromatic rings. The van der Waals surface area contributed by atoms with Gasteiger partial charge in [0.25, 0.3) is 0 Å². The molecule has 0 N–H and O–H groups in total. The fourth-order valence-corrected chi connectivity index (χ4v) is 4.69. The fraction of sp³-hybridized carbons (Fsp3) is 0.440. The fourth-order valence-electron chi connectivity index (χ4n) is 4.20. The van der Waals surface area contributed by atoms with Crippen molar-refractivity contribution in [3.63, 3.8) is 0 Å². The zero-order chi connectivity index (χ0) is 24.2. The molecule has 0 bridgehead atoms.